The van der Waals surface area contributed by atoms with Crippen molar-refractivity contribution in [3.63, 3.8) is 0 Å². The van der Waals surface area contributed by atoms with Crippen molar-refractivity contribution in [1.82, 2.24) is 20.3 Å². The summed E-state index contributed by atoms with van der Waals surface area (Å²) in [6.45, 7) is 1.81. The molecule has 16 heteroatoms. The molecule has 2 heterocycles. The Hall–Kier alpha value is -3.39. The van der Waals surface area contributed by atoms with Gasteiger partial charge in [0.05, 0.1) is 18.5 Å². The molecule has 4 N–H and O–H groups in total. The third-order valence-corrected chi connectivity index (χ3v) is 5.41. The molecule has 0 bridgehead atoms. The van der Waals surface area contributed by atoms with Gasteiger partial charge < -0.3 is 20.7 Å². The van der Waals surface area contributed by atoms with Crippen LogP contribution in [0.3, 0.4) is 0 Å². The van der Waals surface area contributed by atoms with E-state index in [1.54, 1.807) is 13.0 Å². The van der Waals surface area contributed by atoms with Crippen LogP contribution in [-0.4, -0.2) is 39.4 Å². The van der Waals surface area contributed by atoms with E-state index in [-0.39, 0.29) is 36.2 Å². The smallest absolute Gasteiger partial charge is 0.495 e. The molecular weight excluding hydrogens is 584 g/mol. The zero-order valence-electron chi connectivity index (χ0n) is 19.3. The summed E-state index contributed by atoms with van der Waals surface area (Å²) in [6, 6.07) is 7.43. The van der Waals surface area contributed by atoms with Crippen LogP contribution in [0.2, 0.25) is 0 Å². The fraction of sp³-hybridized carbons (Fsp3) is 0.238. The minimum absolute atomic E-state index is 0.00606. The average Bonchev–Trinajstić information content (AvgIpc) is 2.84. The van der Waals surface area contributed by atoms with Crippen LogP contribution in [0.5, 0.6) is 5.75 Å². The molecule has 1 unspecified atom stereocenters. The minimum atomic E-state index is -4.80. The van der Waals surface area contributed by atoms with E-state index in [2.05, 4.69) is 51.4 Å². The second kappa shape index (κ2) is 12.2. The number of carbonyl (C=O) groups excluding carboxylic acids is 1. The van der Waals surface area contributed by atoms with Gasteiger partial charge in [-0.1, -0.05) is 6.07 Å². The van der Waals surface area contributed by atoms with Crippen molar-refractivity contribution in [2.75, 3.05) is 24.3 Å². The first-order valence-electron chi connectivity index (χ1n) is 10.4. The van der Waals surface area contributed by atoms with Crippen molar-refractivity contribution in [3.8, 4) is 5.75 Å². The number of hydrogen-bond acceptors (Lipinski definition) is 9. The highest BCUT2D eigenvalue weighted by atomic mass is 79.9. The number of pyridine rings is 1. The summed E-state index contributed by atoms with van der Waals surface area (Å²) in [5.41, 5.74) is -0.495. The molecule has 0 saturated carbocycles. The number of aromatic nitrogens is 3. The highest BCUT2D eigenvalue weighted by Gasteiger charge is 2.36. The van der Waals surface area contributed by atoms with Crippen LogP contribution in [0.15, 0.2) is 41.1 Å². The monoisotopic (exact) mass is 603 g/mol. The zero-order chi connectivity index (χ0) is 27.2. The van der Waals surface area contributed by atoms with E-state index in [0.29, 0.717) is 22.1 Å². The number of rotatable bonds is 10. The van der Waals surface area contributed by atoms with Crippen molar-refractivity contribution in [3.05, 3.63) is 58.0 Å². The molecule has 0 aliphatic carbocycles. The molecule has 1 amide bonds. The van der Waals surface area contributed by atoms with E-state index in [0.717, 1.165) is 0 Å². The number of nitrogens with one attached hydrogen (secondary N) is 3. The molecule has 0 radical (unpaired) electrons. The van der Waals surface area contributed by atoms with Crippen LogP contribution in [0.25, 0.3) is 0 Å². The molecule has 0 fully saturated rings. The van der Waals surface area contributed by atoms with Gasteiger partial charge in [-0.15, -0.1) is 9.42 Å². The van der Waals surface area contributed by atoms with E-state index in [9.17, 15) is 22.5 Å². The van der Waals surface area contributed by atoms with Crippen molar-refractivity contribution in [2.45, 2.75) is 19.7 Å². The molecule has 0 aliphatic rings. The molecule has 0 aliphatic heterocycles. The number of carbonyl (C=O) groups is 1. The van der Waals surface area contributed by atoms with Gasteiger partial charge in [-0.25, -0.2) is 9.97 Å². The molecule has 37 heavy (non-hydrogen) atoms. The molecule has 0 saturated heterocycles. The number of alkyl halides is 3. The summed E-state index contributed by atoms with van der Waals surface area (Å²) in [6.07, 6.45) is -4.20. The number of benzene rings is 1. The molecule has 3 rings (SSSR count). The van der Waals surface area contributed by atoms with E-state index in [1.807, 2.05) is 0 Å². The first kappa shape index (κ1) is 28.2. The average molecular weight is 604 g/mol. The first-order chi connectivity index (χ1) is 17.5. The van der Waals surface area contributed by atoms with Crippen LogP contribution in [-0.2, 0) is 21.9 Å². The van der Waals surface area contributed by atoms with E-state index >= 15 is 0 Å². The third kappa shape index (κ3) is 7.55. The normalized spacial score (nSPS) is 11.6. The number of amides is 1. The van der Waals surface area contributed by atoms with Crippen LogP contribution in [0.1, 0.15) is 28.5 Å². The summed E-state index contributed by atoms with van der Waals surface area (Å²) < 4.78 is 62.2. The number of hydrogen-bond donors (Lipinski definition) is 4. The maximum Gasteiger partial charge on any atom is 0.695 e. The number of nitrogens with zero attached hydrogens (tertiary/aromatic N) is 3. The summed E-state index contributed by atoms with van der Waals surface area (Å²) in [5, 5.41) is 7.89. The molecule has 1 aromatic carbocycles. The second-order valence-corrected chi connectivity index (χ2v) is 8.69. The Morgan fingerprint density at radius 2 is 1.89 bits per heavy atom. The van der Waals surface area contributed by atoms with Crippen molar-refractivity contribution in [1.29, 1.82) is 0 Å². The SMILES string of the molecule is CCNC(=O)c1nc(Br)ccc1Nc1nc(Nc2ccc(CO[P+](=O)O)cc2OC)ncc1C(F)(F)F. The lowest BCUT2D eigenvalue weighted by Gasteiger charge is -2.17. The first-order valence-corrected chi connectivity index (χ1v) is 12.3. The molecule has 3 aromatic rings. The van der Waals surface area contributed by atoms with Crippen LogP contribution >= 0.6 is 24.2 Å². The summed E-state index contributed by atoms with van der Waals surface area (Å²) in [4.78, 5) is 33.0. The van der Waals surface area contributed by atoms with E-state index < -0.39 is 31.7 Å². The van der Waals surface area contributed by atoms with Crippen LogP contribution < -0.4 is 20.7 Å². The standard InChI is InChI=1S/C21H19BrF3N6O5P/c1-3-26-19(32)17-14(6-7-16(22)30-17)28-18-12(21(23,24)25)9-27-20(31-18)29-13-5-4-11(8-15(13)35-2)10-36-37(33)34/h4-9H,3,10H2,1-2H3,(H3-,26,27,28,29,31,32,33,34)/p+1. The maximum absolute atomic E-state index is 13.7. The molecule has 11 nitrogen and oxygen atoms in total. The Morgan fingerprint density at radius 1 is 1.16 bits per heavy atom. The highest BCUT2D eigenvalue weighted by Crippen LogP contribution is 2.36. The topological polar surface area (TPSA) is 148 Å². The Bertz CT molecular complexity index is 1310. The minimum Gasteiger partial charge on any atom is -0.495 e. The highest BCUT2D eigenvalue weighted by molar-refractivity contribution is 9.10. The zero-order valence-corrected chi connectivity index (χ0v) is 21.7. The lowest BCUT2D eigenvalue weighted by Crippen LogP contribution is -2.25. The lowest BCUT2D eigenvalue weighted by molar-refractivity contribution is -0.137. The Balaban J connectivity index is 1.97. The van der Waals surface area contributed by atoms with Gasteiger partial charge >= 0.3 is 14.4 Å². The van der Waals surface area contributed by atoms with Crippen molar-refractivity contribution < 1.29 is 36.7 Å². The molecule has 0 spiro atoms. The number of halogens is 4. The fourth-order valence-corrected chi connectivity index (χ4v) is 3.57. The van der Waals surface area contributed by atoms with Gasteiger partial charge in [-0.2, -0.15) is 18.2 Å². The molecule has 196 valence electrons. The Labute approximate surface area is 217 Å². The Kier molecular flexibility index (Phi) is 9.32. The molecular formula is C21H20BrF3N6O5P+. The summed E-state index contributed by atoms with van der Waals surface area (Å²) in [7, 11) is -1.43. The molecule has 2 aromatic heterocycles. The van der Waals surface area contributed by atoms with E-state index in [4.69, 9.17) is 9.63 Å². The van der Waals surface area contributed by atoms with Gasteiger partial charge in [0, 0.05) is 17.3 Å². The van der Waals surface area contributed by atoms with Crippen molar-refractivity contribution >= 4 is 53.2 Å². The van der Waals surface area contributed by atoms with Crippen molar-refractivity contribution in [2.24, 2.45) is 0 Å². The van der Waals surface area contributed by atoms with Gasteiger partial charge in [-0.05, 0) is 52.7 Å². The predicted octanol–water partition coefficient (Wildman–Crippen LogP) is 5.06. The van der Waals surface area contributed by atoms with Gasteiger partial charge in [0.1, 0.15) is 28.3 Å². The Morgan fingerprint density at radius 3 is 2.54 bits per heavy atom. The number of anilines is 4. The second-order valence-electron chi connectivity index (χ2n) is 7.14. The van der Waals surface area contributed by atoms with Gasteiger partial charge in [0.2, 0.25) is 5.95 Å². The van der Waals surface area contributed by atoms with Crippen LogP contribution in [0.4, 0.5) is 36.3 Å². The van der Waals surface area contributed by atoms with Gasteiger partial charge in [-0.3, -0.25) is 4.79 Å². The maximum atomic E-state index is 13.7. The predicted molar refractivity (Wildman–Crippen MR) is 131 cm³/mol. The largest absolute Gasteiger partial charge is 0.695 e. The number of ether oxygens (including phenoxy) is 1. The van der Waals surface area contributed by atoms with E-state index in [1.165, 1.54) is 31.4 Å². The van der Waals surface area contributed by atoms with Gasteiger partial charge in [0.25, 0.3) is 5.91 Å². The summed E-state index contributed by atoms with van der Waals surface area (Å²) >= 11 is 3.15. The lowest BCUT2D eigenvalue weighted by atomic mass is 10.2. The number of methoxy groups -OCH3 is 1. The molecule has 1 atom stereocenters. The quantitative estimate of drug-likeness (QED) is 0.183. The summed E-state index contributed by atoms with van der Waals surface area (Å²) in [5.74, 6) is -1.16. The third-order valence-electron chi connectivity index (χ3n) is 4.61. The van der Waals surface area contributed by atoms with Gasteiger partial charge in [0.15, 0.2) is 5.69 Å². The van der Waals surface area contributed by atoms with Crippen LogP contribution in [0, 0.1) is 0 Å². The fourth-order valence-electron chi connectivity index (χ4n) is 3.00.